The van der Waals surface area contributed by atoms with Crippen LogP contribution >= 0.6 is 11.8 Å². The van der Waals surface area contributed by atoms with Gasteiger partial charge in [0.25, 0.3) is 5.56 Å². The summed E-state index contributed by atoms with van der Waals surface area (Å²) in [6.07, 6.45) is -8.43. The number of esters is 2. The van der Waals surface area contributed by atoms with E-state index in [0.29, 0.717) is 5.56 Å². The summed E-state index contributed by atoms with van der Waals surface area (Å²) in [4.78, 5) is 182. The van der Waals surface area contributed by atoms with Gasteiger partial charge in [0.05, 0.1) is 18.1 Å². The Morgan fingerprint density at radius 3 is 2.08 bits per heavy atom. The van der Waals surface area contributed by atoms with Crippen LogP contribution in [0.4, 0.5) is 0 Å². The van der Waals surface area contributed by atoms with Crippen molar-refractivity contribution in [3.63, 3.8) is 0 Å². The number of ether oxygens (including phenoxy) is 4. The molecule has 2 fully saturated rings. The fourth-order valence-electron chi connectivity index (χ4n) is 11.0. The van der Waals surface area contributed by atoms with Gasteiger partial charge in [-0.1, -0.05) is 83.5 Å². The third-order valence-electron chi connectivity index (χ3n) is 17.6. The average molecular weight is 1440 g/mol. The van der Waals surface area contributed by atoms with Crippen molar-refractivity contribution in [3.8, 4) is 5.75 Å². The van der Waals surface area contributed by atoms with Gasteiger partial charge in [-0.3, -0.25) is 62.3 Å². The van der Waals surface area contributed by atoms with Crippen molar-refractivity contribution in [1.82, 2.24) is 57.0 Å². The van der Waals surface area contributed by atoms with Crippen LogP contribution in [0.5, 0.6) is 5.75 Å². The van der Waals surface area contributed by atoms with Crippen molar-refractivity contribution in [2.75, 3.05) is 44.8 Å². The molecule has 4 aliphatic rings. The summed E-state index contributed by atoms with van der Waals surface area (Å²) < 4.78 is 24.0. The number of amides is 9. The molecule has 554 valence electrons. The second kappa shape index (κ2) is 37.6. The molecule has 5 heterocycles. The Morgan fingerprint density at radius 1 is 0.782 bits per heavy atom. The zero-order valence-electron chi connectivity index (χ0n) is 57.6. The van der Waals surface area contributed by atoms with Gasteiger partial charge in [-0.2, -0.15) is 11.8 Å². The van der Waals surface area contributed by atoms with Crippen molar-refractivity contribution in [1.29, 1.82) is 0 Å². The lowest BCUT2D eigenvalue weighted by molar-refractivity contribution is -0.160. The number of carbonyl (C=O) groups excluding carboxylic acids is 11. The average Bonchev–Trinajstić information content (AvgIpc) is 1.76. The SMILES string of the molecule is CC[C@H](C)[C@H]1NC(=O)[C@@H](NC(=O)[C@H](C)[C@H](O)C(C)C)[C@@H](C)OC(=O)[C@@H]2COC(=O)CNC(=O)/C=C/[C@@](O)(CSCCNC(=O)CCCC(=O)NC[C@H]3O[C@@H](n4ccc(=O)[nH]c4=O)[C@H](O)[C@@H]3O)[C@H](C)Oc3ccc(cc3)[C@H](NC1=O)C(=O)N(C)[C@@H](Cc1ccccc1)C(=O)N[C@H]([C@@H](C)O)C(=O)N2. The number of fused-ring (bicyclic) bond motifs is 11. The normalized spacial score (nSPS) is 27.6. The summed E-state index contributed by atoms with van der Waals surface area (Å²) in [5.41, 5.74) is -3.00. The fraction of sp³-hybridized carbons (Fsp3) is 0.567. The summed E-state index contributed by atoms with van der Waals surface area (Å²) in [7, 11) is 1.27. The first-order valence-electron chi connectivity index (χ1n) is 33.2. The highest BCUT2D eigenvalue weighted by Crippen LogP contribution is 2.30. The minimum Gasteiger partial charge on any atom is -0.487 e. The summed E-state index contributed by atoms with van der Waals surface area (Å²) in [6, 6.07) is 4.47. The maximum absolute atomic E-state index is 15.4. The molecule has 9 amide bonds. The third kappa shape index (κ3) is 22.7. The molecule has 4 aliphatic heterocycles. The lowest BCUT2D eigenvalue weighted by Gasteiger charge is -2.34. The number of aromatic amines is 1. The van der Waals surface area contributed by atoms with Crippen molar-refractivity contribution in [3.05, 3.63) is 111 Å². The van der Waals surface area contributed by atoms with Crippen LogP contribution in [-0.4, -0.2) is 228 Å². The number of thioether (sulfide) groups is 1. The van der Waals surface area contributed by atoms with E-state index in [-0.39, 0.29) is 68.0 Å². The number of aliphatic hydroxyl groups excluding tert-OH is 4. The molecule has 2 aromatic carbocycles. The van der Waals surface area contributed by atoms with E-state index in [1.54, 1.807) is 58.0 Å². The van der Waals surface area contributed by atoms with Crippen LogP contribution in [0.1, 0.15) is 104 Å². The number of hydrogen-bond acceptors (Lipinski definition) is 23. The minimum atomic E-state index is -2.04. The van der Waals surface area contributed by atoms with Crippen molar-refractivity contribution < 1.29 is 97.2 Å². The van der Waals surface area contributed by atoms with E-state index in [2.05, 4.69) is 42.5 Å². The number of H-pyrrole nitrogens is 1. The Labute approximate surface area is 586 Å². The number of nitrogens with zero attached hydrogens (tertiary/aromatic N) is 2. The van der Waals surface area contributed by atoms with E-state index in [9.17, 15) is 78.3 Å². The van der Waals surface area contributed by atoms with Crippen LogP contribution in [0.15, 0.2) is 88.6 Å². The lowest BCUT2D eigenvalue weighted by atomic mass is 9.93. The van der Waals surface area contributed by atoms with Gasteiger partial charge < -0.3 is 91.9 Å². The molecule has 34 heteroatoms. The molecule has 3 aromatic rings. The first kappa shape index (κ1) is 80.9. The predicted molar refractivity (Wildman–Crippen MR) is 361 cm³/mol. The third-order valence-corrected chi connectivity index (χ3v) is 18.7. The topological polar surface area (TPSA) is 480 Å². The molecule has 0 aliphatic carbocycles. The minimum absolute atomic E-state index is 0.0617. The van der Waals surface area contributed by atoms with Gasteiger partial charge in [0, 0.05) is 69.2 Å². The standard InChI is InChI=1S/C67H93N11O22S/c1-10-35(4)51-60(90)76-54-41-19-21-42(22-20-41)99-39(8)67(96,33-101-28-26-68-46(80)17-14-18-47(81)69-30-45-56(86)57(87)64(100-45)78-27-24-49(83)72-66(78)95)25-23-48(82)70-31-50(84)97-32-43(65(94)98-38(7)53(62(92)73-51)75-58(88)36(5)55(85)34(2)3)71-61(91)52(37(6)79)74-59(89)44(77(9)63(54)93)29-40-15-12-11-13-16-40/h11-13,15-16,19-25,27,34-39,43-45,51-57,64,79,85-87,96H,10,14,17-18,26,28-33H2,1-9H3,(H,68,80)(H,69,81)(H,70,82)(H,71,91)(H,73,92)(H,74,89)(H,75,88)(H,76,90)(H,72,83,95)/b25-23+/t35-,36+,37+,38+,39-,43-,44-,45+,51+,52+,53-,54-,55+,56+,57+,64+,67+/m0/s1. The second-order valence-electron chi connectivity index (χ2n) is 25.6. The van der Waals surface area contributed by atoms with Gasteiger partial charge in [-0.05, 0) is 68.4 Å². The summed E-state index contributed by atoms with van der Waals surface area (Å²) in [5, 5.41) is 75.8. The highest BCUT2D eigenvalue weighted by atomic mass is 32.2. The van der Waals surface area contributed by atoms with Gasteiger partial charge in [-0.15, -0.1) is 0 Å². The molecule has 7 rings (SSSR count). The largest absolute Gasteiger partial charge is 0.487 e. The smallest absolute Gasteiger partial charge is 0.332 e. The first-order valence-corrected chi connectivity index (χ1v) is 34.3. The Hall–Kier alpha value is -9.06. The fourth-order valence-corrected chi connectivity index (χ4v) is 12.0. The monoisotopic (exact) mass is 1440 g/mol. The molecule has 0 radical (unpaired) electrons. The van der Waals surface area contributed by atoms with Gasteiger partial charge >= 0.3 is 17.6 Å². The number of aromatic nitrogens is 2. The number of aliphatic hydroxyl groups is 5. The molecule has 101 heavy (non-hydrogen) atoms. The summed E-state index contributed by atoms with van der Waals surface area (Å²) in [5.74, 6) is -12.9. The highest BCUT2D eigenvalue weighted by Gasteiger charge is 2.46. The molecular weight excluding hydrogens is 1340 g/mol. The quantitative estimate of drug-likeness (QED) is 0.0371. The number of cyclic esters (lactones) is 1. The lowest BCUT2D eigenvalue weighted by Crippen LogP contribution is -2.61. The van der Waals surface area contributed by atoms with Gasteiger partial charge in [-0.25, -0.2) is 9.59 Å². The van der Waals surface area contributed by atoms with Gasteiger partial charge in [0.2, 0.25) is 53.2 Å². The molecule has 4 bridgehead atoms. The van der Waals surface area contributed by atoms with E-state index in [0.717, 1.165) is 52.6 Å². The second-order valence-corrected chi connectivity index (χ2v) is 26.7. The molecule has 2 saturated heterocycles. The number of likely N-dealkylation sites (N-methyl/N-ethyl adjacent to an activating group) is 1. The van der Waals surface area contributed by atoms with Crippen LogP contribution in [0.3, 0.4) is 0 Å². The Kier molecular flexibility index (Phi) is 30.1. The molecule has 0 spiro atoms. The van der Waals surface area contributed by atoms with Crippen molar-refractivity contribution >= 4 is 76.9 Å². The number of hydrogen-bond donors (Lipinski definition) is 14. The zero-order valence-corrected chi connectivity index (χ0v) is 58.4. The van der Waals surface area contributed by atoms with Crippen LogP contribution < -0.4 is 58.5 Å². The van der Waals surface area contributed by atoms with E-state index in [1.165, 1.54) is 52.1 Å². The van der Waals surface area contributed by atoms with E-state index >= 15 is 9.59 Å². The molecule has 0 saturated carbocycles. The molecule has 14 N–H and O–H groups in total. The molecule has 0 unspecified atom stereocenters. The Morgan fingerprint density at radius 2 is 1.44 bits per heavy atom. The summed E-state index contributed by atoms with van der Waals surface area (Å²) >= 11 is 1.13. The molecular formula is C67H93N11O22S. The molecule has 33 nitrogen and oxygen atoms in total. The van der Waals surface area contributed by atoms with Crippen LogP contribution in [-0.2, 0) is 73.4 Å². The Bertz CT molecular complexity index is 3560. The summed E-state index contributed by atoms with van der Waals surface area (Å²) in [6.45, 7) is 9.70. The van der Waals surface area contributed by atoms with E-state index in [4.69, 9.17) is 18.9 Å². The number of nitrogens with one attached hydrogen (secondary N) is 9. The first-order chi connectivity index (χ1) is 47.7. The number of carbonyl (C=O) groups is 11. The van der Waals surface area contributed by atoms with Gasteiger partial charge in [0.15, 0.2) is 12.3 Å². The van der Waals surface area contributed by atoms with Crippen molar-refractivity contribution in [2.24, 2.45) is 17.8 Å². The number of rotatable bonds is 21. The Balaban J connectivity index is 1.29. The van der Waals surface area contributed by atoms with E-state index in [1.807, 2.05) is 4.98 Å². The van der Waals surface area contributed by atoms with Crippen molar-refractivity contribution in [2.45, 2.75) is 178 Å². The highest BCUT2D eigenvalue weighted by molar-refractivity contribution is 7.99. The molecule has 1 aromatic heterocycles. The van der Waals surface area contributed by atoms with Crippen LogP contribution in [0, 0.1) is 17.8 Å². The maximum atomic E-state index is 15.4. The zero-order chi connectivity index (χ0) is 74.6. The van der Waals surface area contributed by atoms with Crippen LogP contribution in [0.25, 0.3) is 0 Å². The maximum Gasteiger partial charge on any atom is 0.332 e. The predicted octanol–water partition coefficient (Wildman–Crippen LogP) is -3.09. The van der Waals surface area contributed by atoms with E-state index < -0.39 is 198 Å². The molecule has 17 atom stereocenters. The van der Waals surface area contributed by atoms with Gasteiger partial charge in [0.1, 0.15) is 85.2 Å². The number of benzene rings is 2. The van der Waals surface area contributed by atoms with Crippen LogP contribution in [0.2, 0.25) is 0 Å².